The van der Waals surface area contributed by atoms with Crippen molar-refractivity contribution in [3.63, 3.8) is 0 Å². The van der Waals surface area contributed by atoms with Gasteiger partial charge in [-0.05, 0) is 30.6 Å². The van der Waals surface area contributed by atoms with Crippen LogP contribution in [0.4, 0.5) is 0 Å². The number of carbonyl (C=O) groups is 1. The molecule has 1 amide bonds. The van der Waals surface area contributed by atoms with Crippen molar-refractivity contribution < 1.29 is 4.79 Å². The van der Waals surface area contributed by atoms with E-state index in [0.29, 0.717) is 6.54 Å². The molecule has 100 valence electrons. The van der Waals surface area contributed by atoms with E-state index >= 15 is 0 Å². The first-order valence-corrected chi connectivity index (χ1v) is 8.32. The van der Waals surface area contributed by atoms with Crippen LogP contribution in [0.2, 0.25) is 0 Å². The summed E-state index contributed by atoms with van der Waals surface area (Å²) in [4.78, 5) is 12.8. The molecule has 0 saturated carbocycles. The highest BCUT2D eigenvalue weighted by molar-refractivity contribution is 7.99. The summed E-state index contributed by atoms with van der Waals surface area (Å²) in [7, 11) is 0. The second kappa shape index (κ2) is 9.30. The lowest BCUT2D eigenvalue weighted by Crippen LogP contribution is -2.41. The Kier molecular flexibility index (Phi) is 7.96. The molecule has 0 heterocycles. The summed E-state index contributed by atoms with van der Waals surface area (Å²) in [6, 6.07) is 9.78. The molecule has 0 radical (unpaired) electrons. The monoisotopic (exact) mass is 284 g/mol. The van der Waals surface area contributed by atoms with Gasteiger partial charge in [-0.25, -0.2) is 0 Å². The standard InChI is InChI=1S/C13H20N2OS2/c1-17-9-7-12(14)13(16)15-8-10-18-11-5-3-2-4-6-11/h2-6,12H,7-10,14H2,1H3,(H,15,16)/t12-/m0/s1. The first-order chi connectivity index (χ1) is 8.74. The number of thioether (sulfide) groups is 2. The van der Waals surface area contributed by atoms with Crippen molar-refractivity contribution >= 4 is 29.4 Å². The van der Waals surface area contributed by atoms with Crippen LogP contribution in [0.15, 0.2) is 35.2 Å². The van der Waals surface area contributed by atoms with Gasteiger partial charge in [-0.2, -0.15) is 11.8 Å². The molecular weight excluding hydrogens is 264 g/mol. The number of nitrogens with two attached hydrogens (primary N) is 1. The zero-order valence-electron chi connectivity index (χ0n) is 10.6. The molecule has 3 N–H and O–H groups in total. The molecular formula is C13H20N2OS2. The Hall–Kier alpha value is -0.650. The number of hydrogen-bond acceptors (Lipinski definition) is 4. The fourth-order valence-corrected chi connectivity index (χ4v) is 2.65. The van der Waals surface area contributed by atoms with Gasteiger partial charge in [-0.1, -0.05) is 18.2 Å². The van der Waals surface area contributed by atoms with Crippen LogP contribution in [0.1, 0.15) is 6.42 Å². The lowest BCUT2D eigenvalue weighted by atomic mass is 10.2. The SMILES string of the molecule is CSCC[C@H](N)C(=O)NCCSc1ccccc1. The molecule has 1 aromatic rings. The summed E-state index contributed by atoms with van der Waals surface area (Å²) in [5.74, 6) is 1.75. The maximum atomic E-state index is 11.6. The van der Waals surface area contributed by atoms with Gasteiger partial charge in [0.2, 0.25) is 5.91 Å². The molecule has 18 heavy (non-hydrogen) atoms. The summed E-state index contributed by atoms with van der Waals surface area (Å²) in [5, 5.41) is 2.87. The molecule has 0 unspecified atom stereocenters. The third-order valence-electron chi connectivity index (χ3n) is 2.38. The molecule has 0 aliphatic carbocycles. The lowest BCUT2D eigenvalue weighted by Gasteiger charge is -2.11. The Morgan fingerprint density at radius 1 is 1.33 bits per heavy atom. The molecule has 3 nitrogen and oxygen atoms in total. The number of hydrogen-bond donors (Lipinski definition) is 2. The zero-order chi connectivity index (χ0) is 13.2. The van der Waals surface area contributed by atoms with Gasteiger partial charge < -0.3 is 11.1 Å². The highest BCUT2D eigenvalue weighted by Gasteiger charge is 2.11. The predicted octanol–water partition coefficient (Wildman–Crippen LogP) is 1.98. The summed E-state index contributed by atoms with van der Waals surface area (Å²) in [6.07, 6.45) is 2.75. The van der Waals surface area contributed by atoms with Crippen molar-refractivity contribution in [1.82, 2.24) is 5.32 Å². The van der Waals surface area contributed by atoms with E-state index in [-0.39, 0.29) is 11.9 Å². The molecule has 0 aliphatic heterocycles. The molecule has 5 heteroatoms. The van der Waals surface area contributed by atoms with Crippen molar-refractivity contribution in [3.8, 4) is 0 Å². The minimum absolute atomic E-state index is 0.0438. The van der Waals surface area contributed by atoms with Gasteiger partial charge >= 0.3 is 0 Å². The van der Waals surface area contributed by atoms with E-state index in [0.717, 1.165) is 17.9 Å². The van der Waals surface area contributed by atoms with E-state index in [1.54, 1.807) is 23.5 Å². The van der Waals surface area contributed by atoms with Crippen LogP contribution in [0.25, 0.3) is 0 Å². The van der Waals surface area contributed by atoms with E-state index in [4.69, 9.17) is 5.73 Å². The molecule has 0 spiro atoms. The van der Waals surface area contributed by atoms with Crippen molar-refractivity contribution in [2.75, 3.05) is 24.3 Å². The maximum Gasteiger partial charge on any atom is 0.236 e. The summed E-state index contributed by atoms with van der Waals surface area (Å²) in [6.45, 7) is 0.658. The van der Waals surface area contributed by atoms with Crippen molar-refractivity contribution in [1.29, 1.82) is 0 Å². The number of benzene rings is 1. The molecule has 1 rings (SSSR count). The van der Waals surface area contributed by atoms with Crippen LogP contribution in [0.5, 0.6) is 0 Å². The predicted molar refractivity (Wildman–Crippen MR) is 81.2 cm³/mol. The third-order valence-corrected chi connectivity index (χ3v) is 4.04. The van der Waals surface area contributed by atoms with E-state index in [2.05, 4.69) is 17.4 Å². The molecule has 1 atom stereocenters. The van der Waals surface area contributed by atoms with Gasteiger partial charge in [0, 0.05) is 17.2 Å². The Morgan fingerprint density at radius 2 is 2.06 bits per heavy atom. The maximum absolute atomic E-state index is 11.6. The average Bonchev–Trinajstić information content (AvgIpc) is 2.41. The molecule has 1 aromatic carbocycles. The highest BCUT2D eigenvalue weighted by Crippen LogP contribution is 2.15. The highest BCUT2D eigenvalue weighted by atomic mass is 32.2. The van der Waals surface area contributed by atoms with Gasteiger partial charge in [0.25, 0.3) is 0 Å². The Bertz CT molecular complexity index is 346. The number of rotatable bonds is 8. The topological polar surface area (TPSA) is 55.1 Å². The minimum atomic E-state index is -0.376. The second-order valence-electron chi connectivity index (χ2n) is 3.84. The number of nitrogens with one attached hydrogen (secondary N) is 1. The van der Waals surface area contributed by atoms with Crippen LogP contribution in [0.3, 0.4) is 0 Å². The van der Waals surface area contributed by atoms with Crippen LogP contribution >= 0.6 is 23.5 Å². The quantitative estimate of drug-likeness (QED) is 0.566. The zero-order valence-corrected chi connectivity index (χ0v) is 12.2. The van der Waals surface area contributed by atoms with Crippen LogP contribution in [-0.4, -0.2) is 36.3 Å². The van der Waals surface area contributed by atoms with E-state index < -0.39 is 0 Å². The molecule has 0 aromatic heterocycles. The van der Waals surface area contributed by atoms with E-state index in [9.17, 15) is 4.79 Å². The normalized spacial score (nSPS) is 12.1. The molecule has 0 aliphatic rings. The first kappa shape index (κ1) is 15.4. The molecule has 0 saturated heterocycles. The Morgan fingerprint density at radius 3 is 2.72 bits per heavy atom. The fourth-order valence-electron chi connectivity index (χ4n) is 1.37. The number of carbonyl (C=O) groups excluding carboxylic acids is 1. The Balaban J connectivity index is 2.12. The third kappa shape index (κ3) is 6.33. The van der Waals surface area contributed by atoms with E-state index in [1.165, 1.54) is 4.90 Å². The van der Waals surface area contributed by atoms with Gasteiger partial charge in [0.15, 0.2) is 0 Å². The molecule has 0 bridgehead atoms. The minimum Gasteiger partial charge on any atom is -0.354 e. The second-order valence-corrected chi connectivity index (χ2v) is 5.99. The average molecular weight is 284 g/mol. The van der Waals surface area contributed by atoms with Gasteiger partial charge in [-0.15, -0.1) is 11.8 Å². The van der Waals surface area contributed by atoms with Gasteiger partial charge in [0.1, 0.15) is 0 Å². The van der Waals surface area contributed by atoms with Crippen LogP contribution in [0, 0.1) is 0 Å². The lowest BCUT2D eigenvalue weighted by molar-refractivity contribution is -0.122. The molecule has 0 fully saturated rings. The first-order valence-electron chi connectivity index (χ1n) is 5.94. The largest absolute Gasteiger partial charge is 0.354 e. The summed E-state index contributed by atoms with van der Waals surface area (Å²) < 4.78 is 0. The fraction of sp³-hybridized carbons (Fsp3) is 0.462. The van der Waals surface area contributed by atoms with Gasteiger partial charge in [-0.3, -0.25) is 4.79 Å². The van der Waals surface area contributed by atoms with Crippen LogP contribution < -0.4 is 11.1 Å². The van der Waals surface area contributed by atoms with Crippen molar-refractivity contribution in [3.05, 3.63) is 30.3 Å². The summed E-state index contributed by atoms with van der Waals surface area (Å²) in [5.41, 5.74) is 5.76. The van der Waals surface area contributed by atoms with Crippen molar-refractivity contribution in [2.45, 2.75) is 17.4 Å². The summed E-state index contributed by atoms with van der Waals surface area (Å²) >= 11 is 3.44. The van der Waals surface area contributed by atoms with Gasteiger partial charge in [0.05, 0.1) is 6.04 Å². The number of amides is 1. The Labute approximate surface area is 117 Å². The smallest absolute Gasteiger partial charge is 0.236 e. The van der Waals surface area contributed by atoms with E-state index in [1.807, 2.05) is 24.5 Å². The van der Waals surface area contributed by atoms with Crippen LogP contribution in [-0.2, 0) is 4.79 Å². The van der Waals surface area contributed by atoms with Crippen molar-refractivity contribution in [2.24, 2.45) is 5.73 Å².